The van der Waals surface area contributed by atoms with Crippen LogP contribution in [0.5, 0.6) is 5.75 Å². The first-order valence-corrected chi connectivity index (χ1v) is 8.62. The van der Waals surface area contributed by atoms with Gasteiger partial charge in [0.05, 0.1) is 24.3 Å². The summed E-state index contributed by atoms with van der Waals surface area (Å²) in [5.41, 5.74) is -0.419. The van der Waals surface area contributed by atoms with Crippen LogP contribution in [-0.2, 0) is 31.7 Å². The lowest BCUT2D eigenvalue weighted by atomic mass is 10.1. The van der Waals surface area contributed by atoms with Crippen LogP contribution >= 0.6 is 0 Å². The molecule has 0 heterocycles. The van der Waals surface area contributed by atoms with Crippen LogP contribution < -0.4 is 10.1 Å². The Kier molecular flexibility index (Phi) is 8.02. The fourth-order valence-electron chi connectivity index (χ4n) is 2.31. The second-order valence-electron chi connectivity index (χ2n) is 5.92. The van der Waals surface area contributed by atoms with Crippen molar-refractivity contribution in [3.05, 3.63) is 59.7 Å². The first kappa shape index (κ1) is 22.2. The molecule has 0 aliphatic heterocycles. The number of ether oxygens (including phenoxy) is 3. The third-order valence-corrected chi connectivity index (χ3v) is 3.68. The van der Waals surface area contributed by atoms with Crippen LogP contribution in [0.2, 0.25) is 0 Å². The molecule has 2 rings (SSSR count). The molecular weight excluding hydrogens is 391 g/mol. The van der Waals surface area contributed by atoms with E-state index in [-0.39, 0.29) is 31.1 Å². The van der Waals surface area contributed by atoms with Gasteiger partial charge in [-0.2, -0.15) is 13.2 Å². The number of anilines is 1. The Hall–Kier alpha value is -3.07. The van der Waals surface area contributed by atoms with E-state index in [2.05, 4.69) is 5.32 Å². The van der Waals surface area contributed by atoms with Crippen molar-refractivity contribution in [1.29, 1.82) is 0 Å². The van der Waals surface area contributed by atoms with Crippen molar-refractivity contribution in [1.82, 2.24) is 0 Å². The SMILES string of the molecule is COCCOc1ccc(C(F)(F)F)cc1NC(=O)COC(=O)Cc1ccccc1. The summed E-state index contributed by atoms with van der Waals surface area (Å²) in [6.07, 6.45) is -4.62. The van der Waals surface area contributed by atoms with E-state index in [4.69, 9.17) is 14.2 Å². The third-order valence-electron chi connectivity index (χ3n) is 3.68. The minimum Gasteiger partial charge on any atom is -0.489 e. The molecule has 1 N–H and O–H groups in total. The fraction of sp³-hybridized carbons (Fsp3) is 0.300. The van der Waals surface area contributed by atoms with Gasteiger partial charge in [-0.05, 0) is 23.8 Å². The Labute approximate surface area is 165 Å². The molecule has 0 fully saturated rings. The number of nitrogens with one attached hydrogen (secondary N) is 1. The zero-order valence-corrected chi connectivity index (χ0v) is 15.6. The molecular formula is C20H20F3NO5. The minimum absolute atomic E-state index is 0.0247. The number of methoxy groups -OCH3 is 1. The van der Waals surface area contributed by atoms with Gasteiger partial charge >= 0.3 is 12.1 Å². The highest BCUT2D eigenvalue weighted by Gasteiger charge is 2.31. The van der Waals surface area contributed by atoms with Gasteiger partial charge in [0.2, 0.25) is 0 Å². The summed E-state index contributed by atoms with van der Waals surface area (Å²) in [6, 6.07) is 11.5. The largest absolute Gasteiger partial charge is 0.489 e. The molecule has 1 amide bonds. The van der Waals surface area contributed by atoms with Gasteiger partial charge in [-0.15, -0.1) is 0 Å². The second-order valence-corrected chi connectivity index (χ2v) is 5.92. The predicted octanol–water partition coefficient (Wildman–Crippen LogP) is 3.46. The lowest BCUT2D eigenvalue weighted by Crippen LogP contribution is -2.22. The van der Waals surface area contributed by atoms with Crippen molar-refractivity contribution in [3.63, 3.8) is 0 Å². The van der Waals surface area contributed by atoms with Crippen LogP contribution in [0.3, 0.4) is 0 Å². The van der Waals surface area contributed by atoms with Crippen LogP contribution in [0.15, 0.2) is 48.5 Å². The monoisotopic (exact) mass is 411 g/mol. The van der Waals surface area contributed by atoms with E-state index in [9.17, 15) is 22.8 Å². The van der Waals surface area contributed by atoms with E-state index in [1.54, 1.807) is 30.3 Å². The number of carbonyl (C=O) groups excluding carboxylic acids is 2. The van der Waals surface area contributed by atoms with Crippen LogP contribution in [0.25, 0.3) is 0 Å². The molecule has 0 aliphatic rings. The third kappa shape index (κ3) is 7.46. The molecule has 2 aromatic carbocycles. The number of rotatable bonds is 9. The number of alkyl halides is 3. The summed E-state index contributed by atoms with van der Waals surface area (Å²) < 4.78 is 53.9. The van der Waals surface area contributed by atoms with E-state index < -0.39 is 30.2 Å². The topological polar surface area (TPSA) is 73.9 Å². The van der Waals surface area contributed by atoms with E-state index in [0.29, 0.717) is 5.56 Å². The summed E-state index contributed by atoms with van der Waals surface area (Å²) in [5.74, 6) is -1.38. The summed E-state index contributed by atoms with van der Waals surface area (Å²) in [4.78, 5) is 23.9. The number of carbonyl (C=O) groups is 2. The molecule has 0 bridgehead atoms. The molecule has 156 valence electrons. The van der Waals surface area contributed by atoms with Gasteiger partial charge in [0, 0.05) is 7.11 Å². The van der Waals surface area contributed by atoms with Crippen LogP contribution in [0.1, 0.15) is 11.1 Å². The van der Waals surface area contributed by atoms with Crippen molar-refractivity contribution >= 4 is 17.6 Å². The van der Waals surface area contributed by atoms with Crippen LogP contribution in [-0.4, -0.2) is 38.8 Å². The molecule has 2 aromatic rings. The molecule has 0 radical (unpaired) electrons. The minimum atomic E-state index is -4.59. The molecule has 0 saturated carbocycles. The highest BCUT2D eigenvalue weighted by atomic mass is 19.4. The normalized spacial score (nSPS) is 11.0. The number of benzene rings is 2. The number of esters is 1. The first-order chi connectivity index (χ1) is 13.8. The molecule has 0 unspecified atom stereocenters. The van der Waals surface area contributed by atoms with Crippen LogP contribution in [0, 0.1) is 0 Å². The first-order valence-electron chi connectivity index (χ1n) is 8.62. The average Bonchev–Trinajstić information content (AvgIpc) is 2.67. The smallest absolute Gasteiger partial charge is 0.416 e. The summed E-state index contributed by atoms with van der Waals surface area (Å²) in [5, 5.41) is 2.29. The molecule has 29 heavy (non-hydrogen) atoms. The van der Waals surface area contributed by atoms with E-state index in [1.165, 1.54) is 7.11 Å². The standard InChI is InChI=1S/C20H20F3NO5/c1-27-9-10-28-17-8-7-15(20(21,22)23)12-16(17)24-18(25)13-29-19(26)11-14-5-3-2-4-6-14/h2-8,12H,9-11,13H2,1H3,(H,24,25). The Bertz CT molecular complexity index is 825. The van der Waals surface area contributed by atoms with Crippen molar-refractivity contribution in [3.8, 4) is 5.75 Å². The number of halogens is 3. The van der Waals surface area contributed by atoms with Crippen molar-refractivity contribution < 1.29 is 37.0 Å². The maximum absolute atomic E-state index is 13.0. The Morgan fingerprint density at radius 3 is 2.41 bits per heavy atom. The lowest BCUT2D eigenvalue weighted by Gasteiger charge is -2.15. The highest BCUT2D eigenvalue weighted by Crippen LogP contribution is 2.35. The van der Waals surface area contributed by atoms with E-state index in [0.717, 1.165) is 18.2 Å². The molecule has 6 nitrogen and oxygen atoms in total. The number of hydrogen-bond donors (Lipinski definition) is 1. The summed E-state index contributed by atoms with van der Waals surface area (Å²) >= 11 is 0. The Morgan fingerprint density at radius 2 is 1.76 bits per heavy atom. The highest BCUT2D eigenvalue weighted by molar-refractivity contribution is 5.94. The van der Waals surface area contributed by atoms with Gasteiger partial charge in [0.1, 0.15) is 12.4 Å². The number of hydrogen-bond acceptors (Lipinski definition) is 5. The maximum Gasteiger partial charge on any atom is 0.416 e. The number of amides is 1. The van der Waals surface area contributed by atoms with Crippen LogP contribution in [0.4, 0.5) is 18.9 Å². The zero-order chi connectivity index (χ0) is 21.3. The van der Waals surface area contributed by atoms with Gasteiger partial charge < -0.3 is 19.5 Å². The second kappa shape index (κ2) is 10.5. The van der Waals surface area contributed by atoms with Gasteiger partial charge in [-0.1, -0.05) is 30.3 Å². The molecule has 0 aliphatic carbocycles. The Morgan fingerprint density at radius 1 is 1.03 bits per heavy atom. The van der Waals surface area contributed by atoms with E-state index >= 15 is 0 Å². The fourth-order valence-corrected chi connectivity index (χ4v) is 2.31. The van der Waals surface area contributed by atoms with E-state index in [1.807, 2.05) is 0 Å². The lowest BCUT2D eigenvalue weighted by molar-refractivity contribution is -0.146. The summed E-state index contributed by atoms with van der Waals surface area (Å²) in [6.45, 7) is -0.346. The Balaban J connectivity index is 1.99. The van der Waals surface area contributed by atoms with Crippen molar-refractivity contribution in [2.45, 2.75) is 12.6 Å². The van der Waals surface area contributed by atoms with Gasteiger partial charge in [-0.25, -0.2) is 0 Å². The van der Waals surface area contributed by atoms with Gasteiger partial charge in [0.15, 0.2) is 6.61 Å². The molecule has 0 spiro atoms. The maximum atomic E-state index is 13.0. The molecule has 0 atom stereocenters. The van der Waals surface area contributed by atoms with Gasteiger partial charge in [-0.3, -0.25) is 9.59 Å². The molecule has 0 saturated heterocycles. The predicted molar refractivity (Wildman–Crippen MR) is 98.5 cm³/mol. The van der Waals surface area contributed by atoms with Crippen molar-refractivity contribution in [2.75, 3.05) is 32.2 Å². The molecule has 0 aromatic heterocycles. The average molecular weight is 411 g/mol. The van der Waals surface area contributed by atoms with Gasteiger partial charge in [0.25, 0.3) is 5.91 Å². The quantitative estimate of drug-likeness (QED) is 0.505. The summed E-state index contributed by atoms with van der Waals surface area (Å²) in [7, 11) is 1.45. The zero-order valence-electron chi connectivity index (χ0n) is 15.6. The van der Waals surface area contributed by atoms with Crippen molar-refractivity contribution in [2.24, 2.45) is 0 Å². The molecule has 9 heteroatoms.